The molecular formula is C21H20N6O5S. The summed E-state index contributed by atoms with van der Waals surface area (Å²) >= 11 is 1.25. The normalized spacial score (nSPS) is 10.8. The van der Waals surface area contributed by atoms with Crippen molar-refractivity contribution in [3.63, 3.8) is 0 Å². The van der Waals surface area contributed by atoms with Crippen molar-refractivity contribution in [1.82, 2.24) is 24.8 Å². The number of hydrogen-bond acceptors (Lipinski definition) is 10. The number of thioether (sulfide) groups is 1. The second-order valence-corrected chi connectivity index (χ2v) is 7.70. The van der Waals surface area contributed by atoms with Crippen LogP contribution in [0.2, 0.25) is 0 Å². The maximum absolute atomic E-state index is 12.4. The summed E-state index contributed by atoms with van der Waals surface area (Å²) in [5.41, 5.74) is 0.386. The summed E-state index contributed by atoms with van der Waals surface area (Å²) in [4.78, 5) is 31.3. The van der Waals surface area contributed by atoms with E-state index in [2.05, 4.69) is 20.2 Å². The summed E-state index contributed by atoms with van der Waals surface area (Å²) < 4.78 is 16.9. The lowest BCUT2D eigenvalue weighted by atomic mass is 10.1. The molecule has 11 nitrogen and oxygen atoms in total. The number of benzene rings is 2. The van der Waals surface area contributed by atoms with Gasteiger partial charge in [-0.2, -0.15) is 0 Å². The number of hydrogen-bond donors (Lipinski definition) is 2. The third-order valence-corrected chi connectivity index (χ3v) is 5.61. The van der Waals surface area contributed by atoms with E-state index in [1.807, 2.05) is 12.1 Å². The highest BCUT2D eigenvalue weighted by Gasteiger charge is 2.14. The molecule has 12 heteroatoms. The number of esters is 1. The van der Waals surface area contributed by atoms with Crippen LogP contribution in [0.25, 0.3) is 10.9 Å². The summed E-state index contributed by atoms with van der Waals surface area (Å²) in [6.07, 6.45) is 0. The van der Waals surface area contributed by atoms with Crippen LogP contribution in [0.3, 0.4) is 0 Å². The molecule has 4 rings (SSSR count). The molecule has 0 aliphatic rings. The Balaban J connectivity index is 1.46. The number of carbonyl (C=O) groups is 1. The van der Waals surface area contributed by atoms with Crippen molar-refractivity contribution >= 4 is 28.6 Å². The van der Waals surface area contributed by atoms with Gasteiger partial charge in [-0.1, -0.05) is 17.8 Å². The number of nitrogens with two attached hydrogens (primary N) is 1. The number of methoxy groups -OCH3 is 2. The number of H-pyrrole nitrogens is 1. The van der Waals surface area contributed by atoms with Crippen LogP contribution in [0.4, 0.5) is 0 Å². The number of nitrogen functional groups attached to an aromatic ring is 1. The zero-order chi connectivity index (χ0) is 23.4. The van der Waals surface area contributed by atoms with Crippen molar-refractivity contribution in [2.45, 2.75) is 17.5 Å². The molecule has 2 aromatic carbocycles. The minimum atomic E-state index is -0.505. The Morgan fingerprint density at radius 1 is 1.15 bits per heavy atom. The van der Waals surface area contributed by atoms with E-state index in [9.17, 15) is 9.59 Å². The summed E-state index contributed by atoms with van der Waals surface area (Å²) in [6.45, 7) is 0.110. The number of aromatic nitrogens is 5. The summed E-state index contributed by atoms with van der Waals surface area (Å²) in [6, 6.07) is 11.7. The summed E-state index contributed by atoms with van der Waals surface area (Å²) in [5, 5.41) is 8.93. The topological polar surface area (TPSA) is 147 Å². The van der Waals surface area contributed by atoms with E-state index in [1.165, 1.54) is 41.7 Å². The number of ether oxygens (including phenoxy) is 3. The Kier molecular flexibility index (Phi) is 6.45. The van der Waals surface area contributed by atoms with Gasteiger partial charge in [0.1, 0.15) is 23.9 Å². The highest BCUT2D eigenvalue weighted by atomic mass is 32.2. The Morgan fingerprint density at radius 2 is 1.97 bits per heavy atom. The SMILES string of the molecule is COC(=O)c1ccc2c(=O)[nH]c(CSc3nnc(COc4cccc(OC)c4)n3N)nc2c1. The van der Waals surface area contributed by atoms with Crippen LogP contribution in [0.5, 0.6) is 11.5 Å². The minimum Gasteiger partial charge on any atom is -0.497 e. The fourth-order valence-corrected chi connectivity index (χ4v) is 3.72. The predicted octanol–water partition coefficient (Wildman–Crippen LogP) is 1.89. The number of fused-ring (bicyclic) bond motifs is 1. The average Bonchev–Trinajstić information content (AvgIpc) is 3.19. The van der Waals surface area contributed by atoms with Crippen LogP contribution in [0.15, 0.2) is 52.4 Å². The van der Waals surface area contributed by atoms with Gasteiger partial charge in [0, 0.05) is 6.07 Å². The molecule has 0 amide bonds. The molecule has 0 aliphatic carbocycles. The van der Waals surface area contributed by atoms with Crippen molar-refractivity contribution in [3.05, 3.63) is 70.0 Å². The smallest absolute Gasteiger partial charge is 0.337 e. The largest absolute Gasteiger partial charge is 0.497 e. The van der Waals surface area contributed by atoms with Gasteiger partial charge in [0.2, 0.25) is 5.16 Å². The van der Waals surface area contributed by atoms with Crippen molar-refractivity contribution in [3.8, 4) is 11.5 Å². The van der Waals surface area contributed by atoms with Gasteiger partial charge < -0.3 is 25.0 Å². The molecule has 0 radical (unpaired) electrons. The van der Waals surface area contributed by atoms with E-state index in [4.69, 9.17) is 20.1 Å². The quantitative estimate of drug-likeness (QED) is 0.223. The first kappa shape index (κ1) is 22.1. The second kappa shape index (κ2) is 9.61. The first-order valence-electron chi connectivity index (χ1n) is 9.68. The summed E-state index contributed by atoms with van der Waals surface area (Å²) in [7, 11) is 2.87. The van der Waals surface area contributed by atoms with Crippen molar-refractivity contribution < 1.29 is 19.0 Å². The number of nitrogens with zero attached hydrogens (tertiary/aromatic N) is 4. The highest BCUT2D eigenvalue weighted by molar-refractivity contribution is 7.98. The van der Waals surface area contributed by atoms with E-state index in [-0.39, 0.29) is 17.9 Å². The second-order valence-electron chi connectivity index (χ2n) is 6.76. The van der Waals surface area contributed by atoms with Gasteiger partial charge in [-0.3, -0.25) is 4.79 Å². The van der Waals surface area contributed by atoms with Crippen LogP contribution in [0, 0.1) is 0 Å². The lowest BCUT2D eigenvalue weighted by Crippen LogP contribution is -2.16. The van der Waals surface area contributed by atoms with E-state index in [0.29, 0.717) is 44.8 Å². The van der Waals surface area contributed by atoms with Gasteiger partial charge in [-0.05, 0) is 30.3 Å². The molecule has 0 atom stereocenters. The number of rotatable bonds is 8. The lowest BCUT2D eigenvalue weighted by Gasteiger charge is -2.08. The molecule has 170 valence electrons. The number of nitrogens with one attached hydrogen (secondary N) is 1. The zero-order valence-electron chi connectivity index (χ0n) is 17.8. The first-order valence-corrected chi connectivity index (χ1v) is 10.7. The van der Waals surface area contributed by atoms with E-state index < -0.39 is 5.97 Å². The Bertz CT molecular complexity index is 1370. The molecule has 0 saturated carbocycles. The van der Waals surface area contributed by atoms with Crippen molar-refractivity contribution in [2.24, 2.45) is 0 Å². The van der Waals surface area contributed by atoms with Crippen LogP contribution < -0.4 is 20.9 Å². The van der Waals surface area contributed by atoms with Crippen LogP contribution in [0.1, 0.15) is 22.0 Å². The van der Waals surface area contributed by atoms with E-state index >= 15 is 0 Å². The van der Waals surface area contributed by atoms with E-state index in [1.54, 1.807) is 19.2 Å². The Labute approximate surface area is 191 Å². The molecule has 0 spiro atoms. The Morgan fingerprint density at radius 3 is 2.76 bits per heavy atom. The van der Waals surface area contributed by atoms with E-state index in [0.717, 1.165) is 0 Å². The molecule has 2 aromatic heterocycles. The lowest BCUT2D eigenvalue weighted by molar-refractivity contribution is 0.0601. The molecule has 0 saturated heterocycles. The molecular weight excluding hydrogens is 448 g/mol. The fraction of sp³-hybridized carbons (Fsp3) is 0.190. The van der Waals surface area contributed by atoms with Gasteiger partial charge in [0.25, 0.3) is 5.56 Å². The molecule has 0 unspecified atom stereocenters. The molecule has 0 bridgehead atoms. The van der Waals surface area contributed by atoms with Gasteiger partial charge in [0.05, 0.1) is 36.4 Å². The highest BCUT2D eigenvalue weighted by Crippen LogP contribution is 2.22. The fourth-order valence-electron chi connectivity index (χ4n) is 2.98. The first-order chi connectivity index (χ1) is 16.0. The summed E-state index contributed by atoms with van der Waals surface area (Å²) in [5.74, 6) is 7.97. The third kappa shape index (κ3) is 4.90. The third-order valence-electron chi connectivity index (χ3n) is 4.66. The monoisotopic (exact) mass is 468 g/mol. The molecule has 4 aromatic rings. The minimum absolute atomic E-state index is 0.110. The predicted molar refractivity (Wildman–Crippen MR) is 121 cm³/mol. The number of aromatic amines is 1. The maximum atomic E-state index is 12.4. The van der Waals surface area contributed by atoms with Gasteiger partial charge in [0.15, 0.2) is 5.82 Å². The molecule has 0 aliphatic heterocycles. The van der Waals surface area contributed by atoms with Crippen LogP contribution >= 0.6 is 11.8 Å². The van der Waals surface area contributed by atoms with Crippen LogP contribution in [-0.4, -0.2) is 45.0 Å². The average molecular weight is 468 g/mol. The van der Waals surface area contributed by atoms with Crippen molar-refractivity contribution in [2.75, 3.05) is 20.1 Å². The molecule has 2 heterocycles. The molecule has 33 heavy (non-hydrogen) atoms. The van der Waals surface area contributed by atoms with Crippen molar-refractivity contribution in [1.29, 1.82) is 0 Å². The van der Waals surface area contributed by atoms with Crippen LogP contribution in [-0.2, 0) is 17.1 Å². The van der Waals surface area contributed by atoms with Gasteiger partial charge in [-0.15, -0.1) is 10.2 Å². The number of carbonyl (C=O) groups excluding carboxylic acids is 1. The zero-order valence-corrected chi connectivity index (χ0v) is 18.6. The van der Waals surface area contributed by atoms with Gasteiger partial charge >= 0.3 is 5.97 Å². The maximum Gasteiger partial charge on any atom is 0.337 e. The standard InChI is InChI=1S/C21H20N6O5S/c1-30-13-4-3-5-14(9-13)32-10-18-25-26-21(27(18)22)33-11-17-23-16-8-12(20(29)31-2)6-7-15(16)19(28)24-17/h3-9H,10-11,22H2,1-2H3,(H,23,24,28). The molecule has 3 N–H and O–H groups in total. The Hall–Kier alpha value is -4.06. The molecule has 0 fully saturated rings. The van der Waals surface area contributed by atoms with Gasteiger partial charge in [-0.25, -0.2) is 14.5 Å².